The molecule has 0 N–H and O–H groups in total. The summed E-state index contributed by atoms with van der Waals surface area (Å²) >= 11 is 0. The fourth-order valence-electron chi connectivity index (χ4n) is 4.40. The van der Waals surface area contributed by atoms with Crippen LogP contribution in [0, 0.1) is 11.8 Å². The van der Waals surface area contributed by atoms with Crippen molar-refractivity contribution in [2.24, 2.45) is 11.8 Å². The molecule has 0 aliphatic carbocycles. The number of methoxy groups -OCH3 is 1. The van der Waals surface area contributed by atoms with E-state index in [0.29, 0.717) is 29.8 Å². The number of rotatable bonds is 11. The lowest BCUT2D eigenvalue weighted by Gasteiger charge is -2.40. The number of carbonyl (C=O) groups is 1. The normalized spacial score (nSPS) is 14.7. The van der Waals surface area contributed by atoms with Crippen molar-refractivity contribution in [2.75, 3.05) is 13.7 Å². The van der Waals surface area contributed by atoms with Crippen molar-refractivity contribution < 1.29 is 36.9 Å². The number of carbonyl (C=O) groups excluding carboxylic acids is 1. The second-order valence-electron chi connectivity index (χ2n) is 13.1. The first-order chi connectivity index (χ1) is 19.1. The molecular formula is C32H46F2O6Si. The molecule has 1 atom stereocenters. The van der Waals surface area contributed by atoms with Crippen molar-refractivity contribution >= 4 is 14.3 Å². The lowest BCUT2D eigenvalue weighted by molar-refractivity contribution is 0.0453. The number of benzene rings is 2. The van der Waals surface area contributed by atoms with Crippen LogP contribution in [-0.2, 0) is 15.8 Å². The summed E-state index contributed by atoms with van der Waals surface area (Å²) in [5, 5.41) is -0.0200. The average Bonchev–Trinajstić information content (AvgIpc) is 2.85. The fraction of sp³-hybridized carbons (Fsp3) is 0.594. The quantitative estimate of drug-likeness (QED) is 0.191. The van der Waals surface area contributed by atoms with Crippen LogP contribution in [0.3, 0.4) is 0 Å². The van der Waals surface area contributed by atoms with Gasteiger partial charge in [-0.15, -0.1) is 0 Å². The summed E-state index contributed by atoms with van der Waals surface area (Å²) in [6.07, 6.45) is -1.57. The van der Waals surface area contributed by atoms with E-state index < -0.39 is 20.7 Å². The van der Waals surface area contributed by atoms with Gasteiger partial charge in [-0.3, -0.25) is 0 Å². The molecule has 0 aromatic heterocycles. The second kappa shape index (κ2) is 13.1. The monoisotopic (exact) mass is 592 g/mol. The standard InChI is InChI=1S/C32H46F2O6Si/c1-19(2)13-14-37-26-17-21(30(33)34)16-22-18-38-31(35)27-24(39-28(22)26)12-11-23(29(27)36-8)25(15-20(3)4)40-41(9,10)32(5,6)7/h11-12,16-17,19-20,25,30H,13-15,18H2,1-10H3/t25-/m0/s1. The first-order valence-corrected chi connectivity index (χ1v) is 17.3. The Bertz CT molecular complexity index is 1220. The predicted octanol–water partition coefficient (Wildman–Crippen LogP) is 9.63. The molecule has 0 saturated heterocycles. The van der Waals surface area contributed by atoms with Crippen LogP contribution >= 0.6 is 0 Å². The molecule has 0 bridgehead atoms. The Kier molecular flexibility index (Phi) is 10.5. The molecule has 41 heavy (non-hydrogen) atoms. The molecule has 0 amide bonds. The molecule has 228 valence electrons. The molecule has 0 fully saturated rings. The Morgan fingerprint density at radius 1 is 1.05 bits per heavy atom. The molecule has 0 radical (unpaired) electrons. The van der Waals surface area contributed by atoms with Crippen LogP contribution in [0.25, 0.3) is 0 Å². The Labute approximate surface area is 244 Å². The van der Waals surface area contributed by atoms with Gasteiger partial charge in [0.15, 0.2) is 19.8 Å². The van der Waals surface area contributed by atoms with Crippen LogP contribution < -0.4 is 14.2 Å². The zero-order valence-electron chi connectivity index (χ0n) is 26.2. The van der Waals surface area contributed by atoms with Gasteiger partial charge in [0.05, 0.1) is 19.8 Å². The van der Waals surface area contributed by atoms with Gasteiger partial charge in [-0.1, -0.05) is 48.5 Å². The van der Waals surface area contributed by atoms with Gasteiger partial charge < -0.3 is 23.4 Å². The summed E-state index contributed by atoms with van der Waals surface area (Å²) in [5.41, 5.74) is 0.959. The molecule has 6 nitrogen and oxygen atoms in total. The smallest absolute Gasteiger partial charge is 0.346 e. The number of hydrogen-bond acceptors (Lipinski definition) is 6. The maximum atomic E-state index is 13.7. The summed E-state index contributed by atoms with van der Waals surface area (Å²) in [4.78, 5) is 13.4. The molecule has 2 aromatic carbocycles. The van der Waals surface area contributed by atoms with E-state index >= 15 is 0 Å². The first kappa shape index (κ1) is 32.9. The minimum Gasteiger partial charge on any atom is -0.495 e. The maximum Gasteiger partial charge on any atom is 0.346 e. The minimum absolute atomic E-state index is 0.0200. The van der Waals surface area contributed by atoms with Crippen LogP contribution in [0.5, 0.6) is 23.0 Å². The molecule has 0 saturated carbocycles. The Morgan fingerprint density at radius 2 is 1.73 bits per heavy atom. The van der Waals surface area contributed by atoms with Crippen molar-refractivity contribution in [1.82, 2.24) is 0 Å². The molecule has 3 rings (SSSR count). The number of fused-ring (bicyclic) bond motifs is 2. The topological polar surface area (TPSA) is 63.2 Å². The van der Waals surface area contributed by atoms with Gasteiger partial charge in [0.1, 0.15) is 23.7 Å². The summed E-state index contributed by atoms with van der Waals surface area (Å²) in [7, 11) is -0.688. The second-order valence-corrected chi connectivity index (χ2v) is 17.8. The van der Waals surface area contributed by atoms with Crippen molar-refractivity contribution in [1.29, 1.82) is 0 Å². The van der Waals surface area contributed by atoms with Crippen LogP contribution in [0.2, 0.25) is 18.1 Å². The highest BCUT2D eigenvalue weighted by molar-refractivity contribution is 6.74. The van der Waals surface area contributed by atoms with E-state index in [1.165, 1.54) is 19.2 Å². The highest BCUT2D eigenvalue weighted by Crippen LogP contribution is 2.48. The summed E-state index contributed by atoms with van der Waals surface area (Å²) in [5.74, 6) is 0.985. The van der Waals surface area contributed by atoms with Crippen LogP contribution in [-0.4, -0.2) is 28.0 Å². The van der Waals surface area contributed by atoms with Crippen molar-refractivity contribution in [3.8, 4) is 23.0 Å². The molecule has 1 heterocycles. The molecule has 9 heteroatoms. The summed E-state index contributed by atoms with van der Waals surface area (Å²) < 4.78 is 58.1. The molecular weight excluding hydrogens is 546 g/mol. The molecule has 0 unspecified atom stereocenters. The molecule has 1 aliphatic heterocycles. The summed E-state index contributed by atoms with van der Waals surface area (Å²) in [6, 6.07) is 6.15. The van der Waals surface area contributed by atoms with E-state index in [2.05, 4.69) is 61.6 Å². The number of cyclic esters (lactones) is 1. The van der Waals surface area contributed by atoms with Crippen molar-refractivity contribution in [3.05, 3.63) is 46.5 Å². The van der Waals surface area contributed by atoms with Crippen molar-refractivity contribution in [3.63, 3.8) is 0 Å². The number of halogens is 2. The number of alkyl halides is 2. The van der Waals surface area contributed by atoms with Crippen molar-refractivity contribution in [2.45, 2.75) is 98.6 Å². The third-order valence-corrected chi connectivity index (χ3v) is 12.2. The highest BCUT2D eigenvalue weighted by atomic mass is 28.4. The average molecular weight is 593 g/mol. The van der Waals surface area contributed by atoms with E-state index in [1.54, 1.807) is 6.07 Å². The number of ether oxygens (including phenoxy) is 4. The molecule has 2 aromatic rings. The zero-order valence-corrected chi connectivity index (χ0v) is 27.2. The summed E-state index contributed by atoms with van der Waals surface area (Å²) in [6.45, 7) is 19.4. The SMILES string of the molecule is COc1c([C@H](CC(C)C)O[Si](C)(C)C(C)(C)C)ccc2c1C(=O)OCc1cc(C(F)F)cc(OCCC(C)C)c1O2. The Balaban J connectivity index is 2.14. The fourth-order valence-corrected chi connectivity index (χ4v) is 5.69. The zero-order chi connectivity index (χ0) is 30.7. The third kappa shape index (κ3) is 7.80. The molecule has 0 spiro atoms. The van der Waals surface area contributed by atoms with Gasteiger partial charge in [-0.05, 0) is 67.1 Å². The lowest BCUT2D eigenvalue weighted by atomic mass is 9.96. The van der Waals surface area contributed by atoms with E-state index in [4.69, 9.17) is 23.4 Å². The van der Waals surface area contributed by atoms with E-state index in [0.717, 1.165) is 18.4 Å². The Hall–Kier alpha value is -2.65. The van der Waals surface area contributed by atoms with Gasteiger partial charge in [0.25, 0.3) is 6.43 Å². The van der Waals surface area contributed by atoms with Crippen LogP contribution in [0.4, 0.5) is 8.78 Å². The highest BCUT2D eigenvalue weighted by Gasteiger charge is 2.41. The molecule has 1 aliphatic rings. The number of esters is 1. The first-order valence-electron chi connectivity index (χ1n) is 14.4. The largest absolute Gasteiger partial charge is 0.495 e. The van der Waals surface area contributed by atoms with Gasteiger partial charge >= 0.3 is 5.97 Å². The minimum atomic E-state index is -2.72. The van der Waals surface area contributed by atoms with E-state index in [1.807, 2.05) is 6.07 Å². The van der Waals surface area contributed by atoms with Crippen LogP contribution in [0.15, 0.2) is 24.3 Å². The van der Waals surface area contributed by atoms with E-state index in [-0.39, 0.29) is 46.1 Å². The van der Waals surface area contributed by atoms with Gasteiger partial charge in [-0.2, -0.15) is 0 Å². The maximum absolute atomic E-state index is 13.7. The van der Waals surface area contributed by atoms with Gasteiger partial charge in [0, 0.05) is 16.7 Å². The van der Waals surface area contributed by atoms with Crippen LogP contribution in [0.1, 0.15) is 101 Å². The van der Waals surface area contributed by atoms with E-state index in [9.17, 15) is 13.6 Å². The lowest BCUT2D eigenvalue weighted by Crippen LogP contribution is -2.42. The van der Waals surface area contributed by atoms with Gasteiger partial charge in [0.2, 0.25) is 0 Å². The third-order valence-electron chi connectivity index (χ3n) is 7.76. The predicted molar refractivity (Wildman–Crippen MR) is 159 cm³/mol. The van der Waals surface area contributed by atoms with Gasteiger partial charge in [-0.25, -0.2) is 13.6 Å². The Morgan fingerprint density at radius 3 is 2.29 bits per heavy atom. The number of hydrogen-bond donors (Lipinski definition) is 0.